The van der Waals surface area contributed by atoms with Crippen LogP contribution in [0.3, 0.4) is 0 Å². The fourth-order valence-corrected chi connectivity index (χ4v) is 3.57. The Balaban J connectivity index is 1.32. The lowest BCUT2D eigenvalue weighted by Gasteiger charge is -2.28. The highest BCUT2D eigenvalue weighted by Gasteiger charge is 2.15. The van der Waals surface area contributed by atoms with Gasteiger partial charge in [0.15, 0.2) is 11.5 Å². The first kappa shape index (κ1) is 21.0. The Hall–Kier alpha value is -3.21. The van der Waals surface area contributed by atoms with E-state index in [1.54, 1.807) is 12.4 Å². The number of urea groups is 1. The van der Waals surface area contributed by atoms with Crippen molar-refractivity contribution in [2.45, 2.75) is 6.10 Å². The maximum absolute atomic E-state index is 12.2. The number of β-amino-alcohol motifs (C(OH)–C–C–N with tert-alkyl or cyclic N) is 1. The van der Waals surface area contributed by atoms with E-state index in [1.165, 1.54) is 0 Å². The van der Waals surface area contributed by atoms with Gasteiger partial charge in [-0.25, -0.2) is 14.8 Å². The minimum Gasteiger partial charge on any atom is -0.390 e. The van der Waals surface area contributed by atoms with E-state index in [0.29, 0.717) is 31.3 Å². The molecule has 1 aromatic carbocycles. The van der Waals surface area contributed by atoms with Crippen molar-refractivity contribution in [1.82, 2.24) is 24.6 Å². The minimum absolute atomic E-state index is 0.185. The molecule has 0 saturated carbocycles. The minimum atomic E-state index is -0.627. The van der Waals surface area contributed by atoms with Gasteiger partial charge in [0.2, 0.25) is 0 Å². The van der Waals surface area contributed by atoms with Gasteiger partial charge in [0.25, 0.3) is 0 Å². The van der Waals surface area contributed by atoms with Crippen LogP contribution in [0.25, 0.3) is 16.9 Å². The van der Waals surface area contributed by atoms with Gasteiger partial charge in [-0.3, -0.25) is 9.30 Å². The van der Waals surface area contributed by atoms with Gasteiger partial charge in [0.05, 0.1) is 31.2 Å². The molecular formula is C21H27N7O3. The molecule has 1 aliphatic rings. The van der Waals surface area contributed by atoms with Crippen molar-refractivity contribution in [2.24, 2.45) is 0 Å². The third-order valence-electron chi connectivity index (χ3n) is 5.17. The average molecular weight is 425 g/mol. The number of carbonyl (C=O) groups is 1. The maximum Gasteiger partial charge on any atom is 0.319 e. The number of aliphatic hydroxyl groups is 1. The molecule has 3 heterocycles. The van der Waals surface area contributed by atoms with E-state index in [-0.39, 0.29) is 12.6 Å². The van der Waals surface area contributed by atoms with Gasteiger partial charge in [-0.1, -0.05) is 12.1 Å². The summed E-state index contributed by atoms with van der Waals surface area (Å²) in [6, 6.07) is 7.16. The zero-order valence-corrected chi connectivity index (χ0v) is 17.4. The van der Waals surface area contributed by atoms with Crippen molar-refractivity contribution in [2.75, 3.05) is 57.1 Å². The molecule has 10 heteroatoms. The predicted molar refractivity (Wildman–Crippen MR) is 118 cm³/mol. The second kappa shape index (κ2) is 9.73. The first-order chi connectivity index (χ1) is 15.1. The molecule has 0 aliphatic carbocycles. The molecule has 31 heavy (non-hydrogen) atoms. The number of amides is 2. The van der Waals surface area contributed by atoms with E-state index in [2.05, 4.69) is 30.8 Å². The largest absolute Gasteiger partial charge is 0.390 e. The van der Waals surface area contributed by atoms with Crippen molar-refractivity contribution >= 4 is 23.2 Å². The number of aliphatic hydroxyl groups excluding tert-OH is 1. The Morgan fingerprint density at radius 3 is 2.74 bits per heavy atom. The molecular weight excluding hydrogens is 398 g/mol. The van der Waals surface area contributed by atoms with Gasteiger partial charge < -0.3 is 25.8 Å². The Morgan fingerprint density at radius 1 is 1.23 bits per heavy atom. The van der Waals surface area contributed by atoms with E-state index < -0.39 is 6.10 Å². The Labute approximate surface area is 180 Å². The van der Waals surface area contributed by atoms with Crippen LogP contribution in [-0.4, -0.2) is 83.0 Å². The lowest BCUT2D eigenvalue weighted by Crippen LogP contribution is -2.45. The number of hydrogen-bond donors (Lipinski definition) is 4. The molecule has 10 nitrogen and oxygen atoms in total. The Bertz CT molecular complexity index is 1020. The smallest absolute Gasteiger partial charge is 0.319 e. The summed E-state index contributed by atoms with van der Waals surface area (Å²) in [5, 5.41) is 18.7. The van der Waals surface area contributed by atoms with Gasteiger partial charge >= 0.3 is 6.03 Å². The number of fused-ring (bicyclic) bond motifs is 1. The summed E-state index contributed by atoms with van der Waals surface area (Å²) in [6.07, 6.45) is 4.75. The highest BCUT2D eigenvalue weighted by atomic mass is 16.5. The SMILES string of the molecule is CNc1nccn2c(-c3ccc(NC(=O)NCC(O)CN4CCOCC4)cc3)cnc12. The molecule has 0 bridgehead atoms. The van der Waals surface area contributed by atoms with E-state index in [1.807, 2.05) is 41.9 Å². The lowest BCUT2D eigenvalue weighted by atomic mass is 10.1. The number of rotatable bonds is 7. The fourth-order valence-electron chi connectivity index (χ4n) is 3.57. The monoisotopic (exact) mass is 425 g/mol. The molecule has 0 spiro atoms. The van der Waals surface area contributed by atoms with Crippen LogP contribution in [0.4, 0.5) is 16.3 Å². The van der Waals surface area contributed by atoms with Crippen LogP contribution in [0.1, 0.15) is 0 Å². The summed E-state index contributed by atoms with van der Waals surface area (Å²) >= 11 is 0. The predicted octanol–water partition coefficient (Wildman–Crippen LogP) is 1.25. The molecule has 0 radical (unpaired) electrons. The van der Waals surface area contributed by atoms with Crippen molar-refractivity contribution in [1.29, 1.82) is 0 Å². The molecule has 3 aromatic rings. The first-order valence-electron chi connectivity index (χ1n) is 10.3. The third-order valence-corrected chi connectivity index (χ3v) is 5.17. The molecule has 164 valence electrons. The van der Waals surface area contributed by atoms with Crippen molar-refractivity contribution in [3.63, 3.8) is 0 Å². The number of hydrogen-bond acceptors (Lipinski definition) is 7. The molecule has 2 aromatic heterocycles. The molecule has 1 atom stereocenters. The number of imidazole rings is 1. The molecule has 1 unspecified atom stereocenters. The quantitative estimate of drug-likeness (QED) is 0.450. The Morgan fingerprint density at radius 2 is 2.00 bits per heavy atom. The zero-order valence-electron chi connectivity index (χ0n) is 17.4. The summed E-state index contributed by atoms with van der Waals surface area (Å²) in [4.78, 5) is 23.0. The van der Waals surface area contributed by atoms with Crippen molar-refractivity contribution in [3.05, 3.63) is 42.9 Å². The molecule has 1 saturated heterocycles. The van der Waals surface area contributed by atoms with Crippen LogP contribution in [-0.2, 0) is 4.74 Å². The molecule has 4 N–H and O–H groups in total. The number of anilines is 2. The van der Waals surface area contributed by atoms with Crippen molar-refractivity contribution in [3.8, 4) is 11.3 Å². The van der Waals surface area contributed by atoms with E-state index >= 15 is 0 Å². The van der Waals surface area contributed by atoms with E-state index in [4.69, 9.17) is 4.74 Å². The topological polar surface area (TPSA) is 116 Å². The molecule has 1 fully saturated rings. The number of nitrogens with one attached hydrogen (secondary N) is 3. The lowest BCUT2D eigenvalue weighted by molar-refractivity contribution is 0.0154. The van der Waals surface area contributed by atoms with Gasteiger partial charge in [-0.05, 0) is 12.1 Å². The van der Waals surface area contributed by atoms with Gasteiger partial charge in [-0.15, -0.1) is 0 Å². The van der Waals surface area contributed by atoms with Crippen molar-refractivity contribution < 1.29 is 14.6 Å². The van der Waals surface area contributed by atoms with Crippen LogP contribution in [0, 0.1) is 0 Å². The number of morpholine rings is 1. The van der Waals surface area contributed by atoms with Gasteiger partial charge in [0, 0.05) is 56.9 Å². The number of benzene rings is 1. The maximum atomic E-state index is 12.2. The van der Waals surface area contributed by atoms with Gasteiger partial charge in [-0.2, -0.15) is 0 Å². The molecule has 1 aliphatic heterocycles. The van der Waals surface area contributed by atoms with E-state index in [0.717, 1.165) is 30.0 Å². The van der Waals surface area contributed by atoms with Crippen LogP contribution >= 0.6 is 0 Å². The number of carbonyl (C=O) groups excluding carboxylic acids is 1. The number of ether oxygens (including phenoxy) is 1. The summed E-state index contributed by atoms with van der Waals surface area (Å²) in [7, 11) is 1.81. The third kappa shape index (κ3) is 5.10. The van der Waals surface area contributed by atoms with Crippen LogP contribution < -0.4 is 16.0 Å². The summed E-state index contributed by atoms with van der Waals surface area (Å²) in [5.41, 5.74) is 3.30. The normalized spacial score (nSPS) is 15.5. The first-order valence-corrected chi connectivity index (χ1v) is 10.3. The van der Waals surface area contributed by atoms with E-state index in [9.17, 15) is 9.90 Å². The number of nitrogens with zero attached hydrogens (tertiary/aromatic N) is 4. The molecule has 2 amide bonds. The standard InChI is InChI=1S/C21H27N7O3/c1-22-19-20-24-13-18(28(20)7-6-23-19)15-2-4-16(5-3-15)26-21(30)25-12-17(29)14-27-8-10-31-11-9-27/h2-7,13,17,29H,8-12,14H2,1H3,(H,22,23)(H2,25,26,30). The van der Waals surface area contributed by atoms with Crippen LogP contribution in [0.5, 0.6) is 0 Å². The summed E-state index contributed by atoms with van der Waals surface area (Å²) in [6.45, 7) is 3.66. The Kier molecular flexibility index (Phi) is 6.60. The second-order valence-corrected chi connectivity index (χ2v) is 7.34. The average Bonchev–Trinajstić information content (AvgIpc) is 3.23. The summed E-state index contributed by atoms with van der Waals surface area (Å²) < 4.78 is 7.26. The highest BCUT2D eigenvalue weighted by Crippen LogP contribution is 2.24. The summed E-state index contributed by atoms with van der Waals surface area (Å²) in [5.74, 6) is 0.708. The zero-order chi connectivity index (χ0) is 21.6. The fraction of sp³-hybridized carbons (Fsp3) is 0.381. The second-order valence-electron chi connectivity index (χ2n) is 7.34. The van der Waals surface area contributed by atoms with Gasteiger partial charge in [0.1, 0.15) is 0 Å². The van der Waals surface area contributed by atoms with Crippen LogP contribution in [0.2, 0.25) is 0 Å². The number of aromatic nitrogens is 3. The molecule has 4 rings (SSSR count). The van der Waals surface area contributed by atoms with Crippen LogP contribution in [0.15, 0.2) is 42.9 Å². The highest BCUT2D eigenvalue weighted by molar-refractivity contribution is 5.89.